The first-order chi connectivity index (χ1) is 10.2. The number of aliphatic hydroxyl groups is 1. The summed E-state index contributed by atoms with van der Waals surface area (Å²) in [7, 11) is 0. The molecule has 0 bridgehead atoms. The van der Waals surface area contributed by atoms with Crippen molar-refractivity contribution in [2.75, 3.05) is 0 Å². The maximum absolute atomic E-state index is 11.7. The van der Waals surface area contributed by atoms with Gasteiger partial charge in [-0.2, -0.15) is 0 Å². The van der Waals surface area contributed by atoms with E-state index in [9.17, 15) is 9.90 Å². The molecule has 2 heteroatoms. The normalized spacial score (nSPS) is 19.4. The Balaban J connectivity index is 4.47. The number of allylic oxidation sites excluding steroid dienone is 1. The molecule has 0 radical (unpaired) electrons. The van der Waals surface area contributed by atoms with Crippen molar-refractivity contribution >= 4 is 5.78 Å². The summed E-state index contributed by atoms with van der Waals surface area (Å²) in [5, 5.41) is 10.3. The molecular weight excluding hydrogens is 272 g/mol. The summed E-state index contributed by atoms with van der Waals surface area (Å²) in [6.45, 7) is 14.8. The van der Waals surface area contributed by atoms with Crippen LogP contribution in [0, 0.1) is 23.7 Å². The Kier molecular flexibility index (Phi) is 10.7. The maximum atomic E-state index is 11.7. The zero-order chi connectivity index (χ0) is 17.3. The third kappa shape index (κ3) is 8.12. The molecule has 0 fully saturated rings. The van der Waals surface area contributed by atoms with Crippen molar-refractivity contribution < 1.29 is 9.90 Å². The number of hydrogen-bond acceptors (Lipinski definition) is 2. The summed E-state index contributed by atoms with van der Waals surface area (Å²) in [6, 6.07) is 0. The van der Waals surface area contributed by atoms with E-state index >= 15 is 0 Å². The van der Waals surface area contributed by atoms with E-state index in [4.69, 9.17) is 0 Å². The van der Waals surface area contributed by atoms with Gasteiger partial charge >= 0.3 is 0 Å². The van der Waals surface area contributed by atoms with Crippen molar-refractivity contribution in [2.24, 2.45) is 23.7 Å². The lowest BCUT2D eigenvalue weighted by atomic mass is 9.86. The summed E-state index contributed by atoms with van der Waals surface area (Å²) in [4.78, 5) is 11.7. The Bertz CT molecular complexity index is 346. The Morgan fingerprint density at radius 1 is 1.05 bits per heavy atom. The zero-order valence-electron chi connectivity index (χ0n) is 15.9. The molecule has 0 aliphatic heterocycles. The molecule has 0 aromatic carbocycles. The highest BCUT2D eigenvalue weighted by Gasteiger charge is 2.22. The third-order valence-electron chi connectivity index (χ3n) is 4.70. The van der Waals surface area contributed by atoms with E-state index in [1.54, 1.807) is 0 Å². The molecule has 4 unspecified atom stereocenters. The number of carbonyl (C=O) groups excluding carboxylic acids is 1. The van der Waals surface area contributed by atoms with Gasteiger partial charge in [0.05, 0.1) is 6.10 Å². The number of rotatable bonds is 11. The topological polar surface area (TPSA) is 37.3 Å². The SMILES string of the molecule is CCCC(C)CC(C)CC(C)/C=C(\C)C(O)[C@@H](C)C(=O)CC. The van der Waals surface area contributed by atoms with Gasteiger partial charge in [0.1, 0.15) is 5.78 Å². The Hall–Kier alpha value is -0.630. The monoisotopic (exact) mass is 310 g/mol. The highest BCUT2D eigenvalue weighted by molar-refractivity contribution is 5.81. The summed E-state index contributed by atoms with van der Waals surface area (Å²) in [6.07, 6.45) is 7.01. The second kappa shape index (κ2) is 11.0. The summed E-state index contributed by atoms with van der Waals surface area (Å²) in [5.41, 5.74) is 0.940. The molecule has 5 atom stereocenters. The van der Waals surface area contributed by atoms with Gasteiger partial charge in [-0.05, 0) is 43.1 Å². The van der Waals surface area contributed by atoms with E-state index in [2.05, 4.69) is 33.8 Å². The molecule has 0 aromatic heterocycles. The van der Waals surface area contributed by atoms with Crippen molar-refractivity contribution in [3.8, 4) is 0 Å². The minimum absolute atomic E-state index is 0.134. The van der Waals surface area contributed by atoms with Crippen molar-refractivity contribution in [2.45, 2.75) is 86.7 Å². The van der Waals surface area contributed by atoms with Crippen LogP contribution in [-0.4, -0.2) is 17.0 Å². The fraction of sp³-hybridized carbons (Fsp3) is 0.850. The van der Waals surface area contributed by atoms with E-state index in [-0.39, 0.29) is 11.7 Å². The van der Waals surface area contributed by atoms with Crippen LogP contribution in [-0.2, 0) is 4.79 Å². The van der Waals surface area contributed by atoms with E-state index in [0.29, 0.717) is 18.3 Å². The summed E-state index contributed by atoms with van der Waals surface area (Å²) in [5.74, 6) is 1.78. The zero-order valence-corrected chi connectivity index (χ0v) is 15.9. The minimum atomic E-state index is -0.635. The predicted octanol–water partition coefficient (Wildman–Crippen LogP) is 5.40. The lowest BCUT2D eigenvalue weighted by Gasteiger charge is -2.22. The number of aliphatic hydroxyl groups excluding tert-OH is 1. The first kappa shape index (κ1) is 21.4. The maximum Gasteiger partial charge on any atom is 0.138 e. The average molecular weight is 311 g/mol. The van der Waals surface area contributed by atoms with Crippen LogP contribution in [0.2, 0.25) is 0 Å². The molecule has 0 aliphatic rings. The van der Waals surface area contributed by atoms with E-state index < -0.39 is 6.10 Å². The summed E-state index contributed by atoms with van der Waals surface area (Å²) < 4.78 is 0. The third-order valence-corrected chi connectivity index (χ3v) is 4.70. The molecule has 0 spiro atoms. The number of Topliss-reactive ketones (excluding diaryl/α,β-unsaturated/α-hetero) is 1. The van der Waals surface area contributed by atoms with Crippen molar-refractivity contribution in [3.05, 3.63) is 11.6 Å². The highest BCUT2D eigenvalue weighted by atomic mass is 16.3. The van der Waals surface area contributed by atoms with E-state index in [1.807, 2.05) is 20.8 Å². The molecule has 1 N–H and O–H groups in total. The van der Waals surface area contributed by atoms with Gasteiger partial charge in [0, 0.05) is 12.3 Å². The molecule has 0 amide bonds. The van der Waals surface area contributed by atoms with Crippen LogP contribution >= 0.6 is 0 Å². The Labute approximate surface area is 138 Å². The molecule has 0 saturated heterocycles. The second-order valence-electron chi connectivity index (χ2n) is 7.41. The van der Waals surface area contributed by atoms with Gasteiger partial charge < -0.3 is 5.11 Å². The van der Waals surface area contributed by atoms with Crippen LogP contribution in [0.25, 0.3) is 0 Å². The first-order valence-electron chi connectivity index (χ1n) is 9.11. The van der Waals surface area contributed by atoms with Gasteiger partial charge in [-0.15, -0.1) is 0 Å². The molecule has 0 aliphatic carbocycles. The predicted molar refractivity (Wildman–Crippen MR) is 95.9 cm³/mol. The van der Waals surface area contributed by atoms with Gasteiger partial charge in [0.15, 0.2) is 0 Å². The van der Waals surface area contributed by atoms with Gasteiger partial charge in [0.25, 0.3) is 0 Å². The van der Waals surface area contributed by atoms with Gasteiger partial charge in [0.2, 0.25) is 0 Å². The van der Waals surface area contributed by atoms with E-state index in [0.717, 1.165) is 17.9 Å². The lowest BCUT2D eigenvalue weighted by molar-refractivity contribution is -0.124. The largest absolute Gasteiger partial charge is 0.388 e. The fourth-order valence-electron chi connectivity index (χ4n) is 3.54. The van der Waals surface area contributed by atoms with Crippen LogP contribution in [0.3, 0.4) is 0 Å². The molecule has 2 nitrogen and oxygen atoms in total. The van der Waals surface area contributed by atoms with E-state index in [1.165, 1.54) is 19.3 Å². The van der Waals surface area contributed by atoms with Crippen LogP contribution in [0.4, 0.5) is 0 Å². The molecule has 130 valence electrons. The van der Waals surface area contributed by atoms with Gasteiger partial charge in [-0.3, -0.25) is 4.79 Å². The average Bonchev–Trinajstić information content (AvgIpc) is 2.44. The lowest BCUT2D eigenvalue weighted by Crippen LogP contribution is -2.26. The molecule has 0 rings (SSSR count). The first-order valence-corrected chi connectivity index (χ1v) is 9.11. The second-order valence-corrected chi connectivity index (χ2v) is 7.41. The van der Waals surface area contributed by atoms with Crippen molar-refractivity contribution in [3.63, 3.8) is 0 Å². The fourth-order valence-corrected chi connectivity index (χ4v) is 3.54. The molecule has 0 saturated carbocycles. The Morgan fingerprint density at radius 2 is 1.64 bits per heavy atom. The van der Waals surface area contributed by atoms with Crippen LogP contribution in [0.15, 0.2) is 11.6 Å². The number of carbonyl (C=O) groups is 1. The number of hydrogen-bond donors (Lipinski definition) is 1. The van der Waals surface area contributed by atoms with Crippen molar-refractivity contribution in [1.82, 2.24) is 0 Å². The number of ketones is 1. The molecule has 0 aromatic rings. The van der Waals surface area contributed by atoms with Crippen LogP contribution in [0.1, 0.15) is 80.6 Å². The highest BCUT2D eigenvalue weighted by Crippen LogP contribution is 2.25. The smallest absolute Gasteiger partial charge is 0.138 e. The van der Waals surface area contributed by atoms with Crippen molar-refractivity contribution in [1.29, 1.82) is 0 Å². The molecular formula is C20H38O2. The van der Waals surface area contributed by atoms with Crippen LogP contribution in [0.5, 0.6) is 0 Å². The Morgan fingerprint density at radius 3 is 2.14 bits per heavy atom. The quantitative estimate of drug-likeness (QED) is 0.519. The summed E-state index contributed by atoms with van der Waals surface area (Å²) >= 11 is 0. The minimum Gasteiger partial charge on any atom is -0.388 e. The van der Waals surface area contributed by atoms with Gasteiger partial charge in [-0.1, -0.05) is 60.5 Å². The molecule has 0 heterocycles. The molecule has 22 heavy (non-hydrogen) atoms. The van der Waals surface area contributed by atoms with Gasteiger partial charge in [-0.25, -0.2) is 0 Å². The van der Waals surface area contributed by atoms with Crippen LogP contribution < -0.4 is 0 Å². The standard InChI is InChI=1S/C20H38O2/c1-8-10-14(3)11-15(4)12-16(5)13-17(6)20(22)18(7)19(21)9-2/h13-16,18,20,22H,8-12H2,1-7H3/b17-13+/t14?,15?,16?,18-,20?/m0/s1.